The summed E-state index contributed by atoms with van der Waals surface area (Å²) < 4.78 is 6.35. The van der Waals surface area contributed by atoms with Gasteiger partial charge in [0.2, 0.25) is 0 Å². The lowest BCUT2D eigenvalue weighted by molar-refractivity contribution is -0.0452. The molecule has 4 rings (SSSR count). The Bertz CT molecular complexity index is 686. The number of aromatic nitrogens is 2. The van der Waals surface area contributed by atoms with E-state index in [0.29, 0.717) is 6.04 Å². The van der Waals surface area contributed by atoms with Gasteiger partial charge in [0.15, 0.2) is 0 Å². The van der Waals surface area contributed by atoms with Gasteiger partial charge in [-0.05, 0) is 50.1 Å². The van der Waals surface area contributed by atoms with Crippen LogP contribution in [-0.2, 0) is 17.8 Å². The van der Waals surface area contributed by atoms with E-state index in [-0.39, 0.29) is 5.60 Å². The van der Waals surface area contributed by atoms with E-state index in [1.807, 2.05) is 30.7 Å². The van der Waals surface area contributed by atoms with Gasteiger partial charge in [0.25, 0.3) is 0 Å². The molecule has 0 radical (unpaired) electrons. The second-order valence-corrected chi connectivity index (χ2v) is 7.73. The first-order chi connectivity index (χ1) is 12.7. The lowest BCUT2D eigenvalue weighted by atomic mass is 9.87. The highest BCUT2D eigenvalue weighted by Crippen LogP contribution is 2.37. The van der Waals surface area contributed by atoms with E-state index in [4.69, 9.17) is 4.74 Å². The average Bonchev–Trinajstić information content (AvgIpc) is 3.10. The SMILES string of the molecule is CN(Cc1ccccn1)[C@@H]1COC2(CCN(Cc3cccnc3)CC2)C1. The van der Waals surface area contributed by atoms with Crippen LogP contribution in [0.3, 0.4) is 0 Å². The highest BCUT2D eigenvalue weighted by molar-refractivity contribution is 5.09. The molecule has 1 spiro atoms. The second kappa shape index (κ2) is 7.82. The first-order valence-electron chi connectivity index (χ1n) is 9.58. The van der Waals surface area contributed by atoms with Crippen molar-refractivity contribution in [2.75, 3.05) is 26.7 Å². The quantitative estimate of drug-likeness (QED) is 0.828. The van der Waals surface area contributed by atoms with Gasteiger partial charge in [-0.3, -0.25) is 19.8 Å². The van der Waals surface area contributed by atoms with Crippen LogP contribution in [0.2, 0.25) is 0 Å². The Balaban J connectivity index is 1.28. The minimum Gasteiger partial charge on any atom is -0.373 e. The lowest BCUT2D eigenvalue weighted by Crippen LogP contribution is -2.44. The molecule has 26 heavy (non-hydrogen) atoms. The summed E-state index contributed by atoms with van der Waals surface area (Å²) in [5.41, 5.74) is 2.50. The van der Waals surface area contributed by atoms with Crippen molar-refractivity contribution in [1.29, 1.82) is 0 Å². The van der Waals surface area contributed by atoms with Crippen molar-refractivity contribution < 1.29 is 4.74 Å². The number of likely N-dealkylation sites (N-methyl/N-ethyl adjacent to an activating group) is 1. The first kappa shape index (κ1) is 17.6. The number of ether oxygens (including phenoxy) is 1. The molecule has 138 valence electrons. The van der Waals surface area contributed by atoms with E-state index < -0.39 is 0 Å². The van der Waals surface area contributed by atoms with Crippen molar-refractivity contribution in [1.82, 2.24) is 19.8 Å². The van der Waals surface area contributed by atoms with Crippen molar-refractivity contribution >= 4 is 0 Å². The summed E-state index contributed by atoms with van der Waals surface area (Å²) in [6.45, 7) is 4.92. The number of hydrogen-bond donors (Lipinski definition) is 0. The zero-order valence-corrected chi connectivity index (χ0v) is 15.6. The maximum absolute atomic E-state index is 6.35. The number of piperidine rings is 1. The van der Waals surface area contributed by atoms with Crippen LogP contribution in [0, 0.1) is 0 Å². The fraction of sp³-hybridized carbons (Fsp3) is 0.524. The predicted molar refractivity (Wildman–Crippen MR) is 102 cm³/mol. The molecule has 2 aromatic rings. The smallest absolute Gasteiger partial charge is 0.0723 e. The van der Waals surface area contributed by atoms with Gasteiger partial charge in [0.1, 0.15) is 0 Å². The molecular weight excluding hydrogens is 324 g/mol. The van der Waals surface area contributed by atoms with Crippen LogP contribution in [0.4, 0.5) is 0 Å². The maximum atomic E-state index is 6.35. The standard InChI is InChI=1S/C21H28N4O/c1-24(16-19-6-2-3-10-23-19)20-13-21(26-17-20)7-11-25(12-8-21)15-18-5-4-9-22-14-18/h2-6,9-10,14,20H,7-8,11-13,15-17H2,1H3/t20-/m0/s1. The molecule has 4 heterocycles. The van der Waals surface area contributed by atoms with Crippen molar-refractivity contribution in [2.45, 2.75) is 44.0 Å². The molecular formula is C21H28N4O. The maximum Gasteiger partial charge on any atom is 0.0723 e. The predicted octanol–water partition coefficient (Wildman–Crippen LogP) is 2.73. The molecule has 2 saturated heterocycles. The number of likely N-dealkylation sites (tertiary alicyclic amines) is 1. The van der Waals surface area contributed by atoms with E-state index in [9.17, 15) is 0 Å². The van der Waals surface area contributed by atoms with Gasteiger partial charge in [0, 0.05) is 50.8 Å². The second-order valence-electron chi connectivity index (χ2n) is 7.73. The number of rotatable bonds is 5. The van der Waals surface area contributed by atoms with Crippen LogP contribution < -0.4 is 0 Å². The van der Waals surface area contributed by atoms with Crippen LogP contribution in [0.25, 0.3) is 0 Å². The Kier molecular flexibility index (Phi) is 5.29. The highest BCUT2D eigenvalue weighted by Gasteiger charge is 2.43. The van der Waals surface area contributed by atoms with Crippen LogP contribution in [0.15, 0.2) is 48.9 Å². The molecule has 0 aromatic carbocycles. The van der Waals surface area contributed by atoms with Crippen molar-refractivity contribution in [3.63, 3.8) is 0 Å². The zero-order valence-electron chi connectivity index (χ0n) is 15.6. The van der Waals surface area contributed by atoms with Gasteiger partial charge in [-0.15, -0.1) is 0 Å². The molecule has 0 saturated carbocycles. The van der Waals surface area contributed by atoms with Gasteiger partial charge in [-0.2, -0.15) is 0 Å². The number of pyridine rings is 2. The average molecular weight is 352 g/mol. The van der Waals surface area contributed by atoms with E-state index in [0.717, 1.165) is 57.7 Å². The normalized spacial score (nSPS) is 22.9. The molecule has 2 fully saturated rings. The topological polar surface area (TPSA) is 41.5 Å². The van der Waals surface area contributed by atoms with Crippen LogP contribution in [-0.4, -0.2) is 58.2 Å². The first-order valence-corrected chi connectivity index (χ1v) is 9.58. The molecule has 0 bridgehead atoms. The summed E-state index contributed by atoms with van der Waals surface area (Å²) >= 11 is 0. The van der Waals surface area contributed by atoms with Crippen molar-refractivity contribution in [3.8, 4) is 0 Å². The fourth-order valence-electron chi connectivity index (χ4n) is 4.20. The Morgan fingerprint density at radius 1 is 1.19 bits per heavy atom. The molecule has 5 nitrogen and oxygen atoms in total. The Labute approximate surface area is 156 Å². The number of hydrogen-bond acceptors (Lipinski definition) is 5. The van der Waals surface area contributed by atoms with Crippen molar-refractivity contribution in [2.24, 2.45) is 0 Å². The zero-order chi connectivity index (χ0) is 17.8. The summed E-state index contributed by atoms with van der Waals surface area (Å²) in [4.78, 5) is 13.6. The largest absolute Gasteiger partial charge is 0.373 e. The molecule has 2 aliphatic rings. The summed E-state index contributed by atoms with van der Waals surface area (Å²) in [5, 5.41) is 0. The molecule has 0 amide bonds. The van der Waals surface area contributed by atoms with E-state index >= 15 is 0 Å². The van der Waals surface area contributed by atoms with Gasteiger partial charge in [0.05, 0.1) is 17.9 Å². The Hall–Kier alpha value is -1.82. The summed E-state index contributed by atoms with van der Waals surface area (Å²) in [6, 6.07) is 10.8. The van der Waals surface area contributed by atoms with Gasteiger partial charge in [-0.25, -0.2) is 0 Å². The molecule has 1 atom stereocenters. The summed E-state index contributed by atoms with van der Waals surface area (Å²) in [6.07, 6.45) is 9.06. The van der Waals surface area contributed by atoms with Crippen LogP contribution >= 0.6 is 0 Å². The lowest BCUT2D eigenvalue weighted by Gasteiger charge is -2.39. The van der Waals surface area contributed by atoms with E-state index in [1.165, 1.54) is 5.56 Å². The molecule has 5 heteroatoms. The Morgan fingerprint density at radius 3 is 2.81 bits per heavy atom. The fourth-order valence-corrected chi connectivity index (χ4v) is 4.20. The van der Waals surface area contributed by atoms with Gasteiger partial charge < -0.3 is 4.74 Å². The third-order valence-corrected chi connectivity index (χ3v) is 5.85. The van der Waals surface area contributed by atoms with E-state index in [2.05, 4.69) is 45.0 Å². The van der Waals surface area contributed by atoms with Crippen LogP contribution in [0.1, 0.15) is 30.5 Å². The molecule has 0 unspecified atom stereocenters. The van der Waals surface area contributed by atoms with E-state index in [1.54, 1.807) is 0 Å². The third kappa shape index (κ3) is 4.11. The molecule has 2 aliphatic heterocycles. The van der Waals surface area contributed by atoms with Crippen LogP contribution in [0.5, 0.6) is 0 Å². The minimum atomic E-state index is 0.0779. The van der Waals surface area contributed by atoms with Gasteiger partial charge in [-0.1, -0.05) is 12.1 Å². The third-order valence-electron chi connectivity index (χ3n) is 5.85. The molecule has 2 aromatic heterocycles. The molecule has 0 aliphatic carbocycles. The Morgan fingerprint density at radius 2 is 2.08 bits per heavy atom. The summed E-state index contributed by atoms with van der Waals surface area (Å²) in [5.74, 6) is 0. The number of nitrogens with zero attached hydrogens (tertiary/aromatic N) is 4. The summed E-state index contributed by atoms with van der Waals surface area (Å²) in [7, 11) is 2.19. The highest BCUT2D eigenvalue weighted by atomic mass is 16.5. The monoisotopic (exact) mass is 352 g/mol. The van der Waals surface area contributed by atoms with Gasteiger partial charge >= 0.3 is 0 Å². The molecule has 0 N–H and O–H groups in total. The van der Waals surface area contributed by atoms with Crippen molar-refractivity contribution in [3.05, 3.63) is 60.2 Å². The minimum absolute atomic E-state index is 0.0779.